The van der Waals surface area contributed by atoms with Gasteiger partial charge in [0.1, 0.15) is 5.69 Å². The van der Waals surface area contributed by atoms with E-state index in [9.17, 15) is 9.59 Å². The molecule has 0 aliphatic rings. The summed E-state index contributed by atoms with van der Waals surface area (Å²) in [7, 11) is 0. The van der Waals surface area contributed by atoms with E-state index in [-0.39, 0.29) is 5.91 Å². The van der Waals surface area contributed by atoms with E-state index >= 15 is 0 Å². The van der Waals surface area contributed by atoms with Crippen LogP contribution in [0.1, 0.15) is 29.9 Å². The van der Waals surface area contributed by atoms with Crippen molar-refractivity contribution in [3.05, 3.63) is 29.6 Å². The van der Waals surface area contributed by atoms with Crippen molar-refractivity contribution < 1.29 is 14.7 Å². The first-order chi connectivity index (χ1) is 7.93. The molecule has 0 fully saturated rings. The number of aromatic nitrogens is 1. The summed E-state index contributed by atoms with van der Waals surface area (Å²) in [6, 6.07) is 3.09. The van der Waals surface area contributed by atoms with E-state index in [1.54, 1.807) is 32.9 Å². The highest BCUT2D eigenvalue weighted by Crippen LogP contribution is 2.06. The molecule has 2 N–H and O–H groups in total. The van der Waals surface area contributed by atoms with Gasteiger partial charge in [-0.1, -0.05) is 6.07 Å². The molecular formula is C12H16N2O3. The van der Waals surface area contributed by atoms with Crippen LogP contribution < -0.4 is 5.32 Å². The molecule has 1 heterocycles. The summed E-state index contributed by atoms with van der Waals surface area (Å²) >= 11 is 0. The van der Waals surface area contributed by atoms with Crippen LogP contribution >= 0.6 is 0 Å². The van der Waals surface area contributed by atoms with Crippen LogP contribution in [0.25, 0.3) is 0 Å². The maximum Gasteiger partial charge on any atom is 0.308 e. The average Bonchev–Trinajstić information content (AvgIpc) is 2.28. The van der Waals surface area contributed by atoms with Gasteiger partial charge in [-0.15, -0.1) is 0 Å². The summed E-state index contributed by atoms with van der Waals surface area (Å²) in [6.07, 6.45) is 1.53. The minimum Gasteiger partial charge on any atom is -0.481 e. The molecule has 0 radical (unpaired) electrons. The molecule has 2 atom stereocenters. The monoisotopic (exact) mass is 236 g/mol. The highest BCUT2D eigenvalue weighted by atomic mass is 16.4. The lowest BCUT2D eigenvalue weighted by atomic mass is 10.0. The molecule has 2 unspecified atom stereocenters. The summed E-state index contributed by atoms with van der Waals surface area (Å²) in [4.78, 5) is 26.6. The smallest absolute Gasteiger partial charge is 0.308 e. The van der Waals surface area contributed by atoms with Gasteiger partial charge in [-0.25, -0.2) is 0 Å². The predicted octanol–water partition coefficient (Wildman–Crippen LogP) is 1.23. The fraction of sp³-hybridized carbons (Fsp3) is 0.417. The minimum atomic E-state index is -0.935. The topological polar surface area (TPSA) is 79.3 Å². The van der Waals surface area contributed by atoms with Crippen molar-refractivity contribution in [3.8, 4) is 0 Å². The Morgan fingerprint density at radius 1 is 1.41 bits per heavy atom. The standard InChI is InChI=1S/C12H16N2O3/c1-7-5-4-6-13-10(7)11(15)14-9(3)8(2)12(16)17/h4-6,8-9H,1-3H3,(H,14,15)(H,16,17). The quantitative estimate of drug-likeness (QED) is 0.824. The van der Waals surface area contributed by atoms with Crippen LogP contribution in [0.15, 0.2) is 18.3 Å². The fourth-order valence-corrected chi connectivity index (χ4v) is 1.34. The number of pyridine rings is 1. The zero-order chi connectivity index (χ0) is 13.0. The normalized spacial score (nSPS) is 13.8. The van der Waals surface area contributed by atoms with E-state index in [1.807, 2.05) is 0 Å². The number of nitrogens with one attached hydrogen (secondary N) is 1. The van der Waals surface area contributed by atoms with E-state index < -0.39 is 17.9 Å². The largest absolute Gasteiger partial charge is 0.481 e. The molecular weight excluding hydrogens is 220 g/mol. The molecule has 0 spiro atoms. The SMILES string of the molecule is Cc1cccnc1C(=O)NC(C)C(C)C(=O)O. The Morgan fingerprint density at radius 2 is 2.06 bits per heavy atom. The molecule has 0 aromatic carbocycles. The van der Waals surface area contributed by atoms with E-state index in [0.717, 1.165) is 5.56 Å². The summed E-state index contributed by atoms with van der Waals surface area (Å²) in [5.74, 6) is -1.91. The Kier molecular flexibility index (Phi) is 4.20. The van der Waals surface area contributed by atoms with Gasteiger partial charge in [-0.05, 0) is 32.4 Å². The molecule has 5 heteroatoms. The second-order valence-corrected chi connectivity index (χ2v) is 4.06. The van der Waals surface area contributed by atoms with Crippen molar-refractivity contribution in [2.45, 2.75) is 26.8 Å². The third-order valence-electron chi connectivity index (χ3n) is 2.72. The maximum absolute atomic E-state index is 11.8. The Bertz CT molecular complexity index is 432. The lowest BCUT2D eigenvalue weighted by Crippen LogP contribution is -2.40. The van der Waals surface area contributed by atoms with Crippen LogP contribution in [0.4, 0.5) is 0 Å². The van der Waals surface area contributed by atoms with Gasteiger partial charge in [0.05, 0.1) is 5.92 Å². The molecule has 0 aliphatic carbocycles. The molecule has 0 saturated heterocycles. The number of hydrogen-bond acceptors (Lipinski definition) is 3. The van der Waals surface area contributed by atoms with Gasteiger partial charge in [0.2, 0.25) is 0 Å². The van der Waals surface area contributed by atoms with Crippen LogP contribution in [0.5, 0.6) is 0 Å². The molecule has 0 saturated carbocycles. The predicted molar refractivity (Wildman–Crippen MR) is 62.7 cm³/mol. The van der Waals surface area contributed by atoms with E-state index in [0.29, 0.717) is 5.69 Å². The molecule has 1 aromatic rings. The number of aryl methyl sites for hydroxylation is 1. The molecule has 0 aliphatic heterocycles. The third kappa shape index (κ3) is 3.27. The number of carboxylic acids is 1. The lowest BCUT2D eigenvalue weighted by molar-refractivity contribution is -0.141. The van der Waals surface area contributed by atoms with Crippen LogP contribution in [-0.2, 0) is 4.79 Å². The van der Waals surface area contributed by atoms with Crippen molar-refractivity contribution in [3.63, 3.8) is 0 Å². The molecule has 17 heavy (non-hydrogen) atoms. The van der Waals surface area contributed by atoms with E-state index in [1.165, 1.54) is 6.20 Å². The van der Waals surface area contributed by atoms with Gasteiger partial charge in [0, 0.05) is 12.2 Å². The Labute approximate surface area is 99.9 Å². The number of carbonyl (C=O) groups is 2. The third-order valence-corrected chi connectivity index (χ3v) is 2.72. The fourth-order valence-electron chi connectivity index (χ4n) is 1.34. The number of carboxylic acid groups (broad SMARTS) is 1. The number of rotatable bonds is 4. The second kappa shape index (κ2) is 5.43. The zero-order valence-corrected chi connectivity index (χ0v) is 10.1. The highest BCUT2D eigenvalue weighted by Gasteiger charge is 2.22. The van der Waals surface area contributed by atoms with Crippen LogP contribution in [0.3, 0.4) is 0 Å². The van der Waals surface area contributed by atoms with Crippen LogP contribution in [-0.4, -0.2) is 28.0 Å². The molecule has 1 rings (SSSR count). The van der Waals surface area contributed by atoms with Crippen molar-refractivity contribution >= 4 is 11.9 Å². The molecule has 5 nitrogen and oxygen atoms in total. The Hall–Kier alpha value is -1.91. The molecule has 1 amide bonds. The van der Waals surface area contributed by atoms with Gasteiger partial charge in [-0.2, -0.15) is 0 Å². The van der Waals surface area contributed by atoms with Crippen molar-refractivity contribution in [2.24, 2.45) is 5.92 Å². The molecule has 92 valence electrons. The number of aliphatic carboxylic acids is 1. The van der Waals surface area contributed by atoms with Crippen LogP contribution in [0.2, 0.25) is 0 Å². The highest BCUT2D eigenvalue weighted by molar-refractivity contribution is 5.94. The van der Waals surface area contributed by atoms with E-state index in [2.05, 4.69) is 10.3 Å². The zero-order valence-electron chi connectivity index (χ0n) is 10.1. The number of nitrogens with zero attached hydrogens (tertiary/aromatic N) is 1. The second-order valence-electron chi connectivity index (χ2n) is 4.06. The maximum atomic E-state index is 11.8. The van der Waals surface area contributed by atoms with Crippen LogP contribution in [0, 0.1) is 12.8 Å². The molecule has 1 aromatic heterocycles. The summed E-state index contributed by atoms with van der Waals surface area (Å²) in [5.41, 5.74) is 1.09. The minimum absolute atomic E-state index is 0.330. The Balaban J connectivity index is 2.74. The number of hydrogen-bond donors (Lipinski definition) is 2. The molecule has 0 bridgehead atoms. The first-order valence-electron chi connectivity index (χ1n) is 5.38. The van der Waals surface area contributed by atoms with Gasteiger partial charge in [0.25, 0.3) is 5.91 Å². The number of carbonyl (C=O) groups excluding carboxylic acids is 1. The Morgan fingerprint density at radius 3 is 2.59 bits per heavy atom. The number of amides is 1. The van der Waals surface area contributed by atoms with Gasteiger partial charge < -0.3 is 10.4 Å². The van der Waals surface area contributed by atoms with Gasteiger partial charge >= 0.3 is 5.97 Å². The first-order valence-corrected chi connectivity index (χ1v) is 5.38. The summed E-state index contributed by atoms with van der Waals surface area (Å²) in [5, 5.41) is 11.5. The average molecular weight is 236 g/mol. The van der Waals surface area contributed by atoms with Crippen molar-refractivity contribution in [1.82, 2.24) is 10.3 Å². The summed E-state index contributed by atoms with van der Waals surface area (Å²) in [6.45, 7) is 5.00. The lowest BCUT2D eigenvalue weighted by Gasteiger charge is -2.17. The van der Waals surface area contributed by atoms with Crippen molar-refractivity contribution in [1.29, 1.82) is 0 Å². The summed E-state index contributed by atoms with van der Waals surface area (Å²) < 4.78 is 0. The van der Waals surface area contributed by atoms with Gasteiger partial charge in [0.15, 0.2) is 0 Å². The van der Waals surface area contributed by atoms with Gasteiger partial charge in [-0.3, -0.25) is 14.6 Å². The van der Waals surface area contributed by atoms with E-state index in [4.69, 9.17) is 5.11 Å². The first kappa shape index (κ1) is 13.2. The van der Waals surface area contributed by atoms with Crippen molar-refractivity contribution in [2.75, 3.05) is 0 Å².